The molecule has 1 saturated heterocycles. The third-order valence-electron chi connectivity index (χ3n) is 4.06. The lowest BCUT2D eigenvalue weighted by Crippen LogP contribution is -2.40. The highest BCUT2D eigenvalue weighted by molar-refractivity contribution is 7.54. The Hall–Kier alpha value is 0.0549. The maximum atomic E-state index is 12.2. The van der Waals surface area contributed by atoms with Gasteiger partial charge in [0.05, 0.1) is 11.7 Å². The second-order valence-electron chi connectivity index (χ2n) is 6.44. The minimum absolute atomic E-state index is 0.138. The van der Waals surface area contributed by atoms with E-state index in [1.807, 2.05) is 0 Å². The average Bonchev–Trinajstić information content (AvgIpc) is 2.61. The molecule has 1 aliphatic heterocycles. The van der Waals surface area contributed by atoms with Crippen molar-refractivity contribution in [1.29, 1.82) is 0 Å². The molecule has 128 valence electrons. The molecule has 1 rings (SSSR count). The Morgan fingerprint density at radius 1 is 1.36 bits per heavy atom. The summed E-state index contributed by atoms with van der Waals surface area (Å²) in [6, 6.07) is -0.777. The quantitative estimate of drug-likeness (QED) is 0.465. The summed E-state index contributed by atoms with van der Waals surface area (Å²) in [5.74, 6) is 0. The number of aliphatic hydroxyl groups is 2. The molecule has 0 aliphatic carbocycles. The molecular formula is C13H26BO7P. The van der Waals surface area contributed by atoms with Crippen molar-refractivity contribution in [3.8, 4) is 0 Å². The highest BCUT2D eigenvalue weighted by Gasteiger charge is 2.48. The Morgan fingerprint density at radius 3 is 2.27 bits per heavy atom. The third kappa shape index (κ3) is 4.32. The standard InChI is InChI=1S/C13H26BO7P/c1-6-13(4,21-22(17,18)12(2,3)16)7-8-9(15)10(19-5)11(14)20-8/h8-11,15-16H,6-7H2,1-5H3,(H,17,18)/t8-,9-,10-,11-,13?/m1/s1. The molecule has 0 aromatic heterocycles. The summed E-state index contributed by atoms with van der Waals surface area (Å²) in [7, 11) is 2.88. The van der Waals surface area contributed by atoms with E-state index < -0.39 is 42.9 Å². The van der Waals surface area contributed by atoms with Crippen LogP contribution in [0.15, 0.2) is 0 Å². The van der Waals surface area contributed by atoms with Crippen LogP contribution in [-0.2, 0) is 18.6 Å². The molecule has 0 spiro atoms. The van der Waals surface area contributed by atoms with Crippen LogP contribution in [0.2, 0.25) is 0 Å². The summed E-state index contributed by atoms with van der Waals surface area (Å²) in [6.07, 6.45) is -1.80. The molecule has 0 bridgehead atoms. The third-order valence-corrected chi connectivity index (χ3v) is 6.13. The first-order chi connectivity index (χ1) is 9.87. The molecule has 6 atom stereocenters. The van der Waals surface area contributed by atoms with Crippen molar-refractivity contribution in [3.05, 3.63) is 0 Å². The summed E-state index contributed by atoms with van der Waals surface area (Å²) < 4.78 is 28.1. The lowest BCUT2D eigenvalue weighted by atomic mass is 9.89. The number of hydrogen-bond donors (Lipinski definition) is 3. The van der Waals surface area contributed by atoms with E-state index >= 15 is 0 Å². The second-order valence-corrected chi connectivity index (χ2v) is 8.76. The van der Waals surface area contributed by atoms with Gasteiger partial charge in [-0.15, -0.1) is 0 Å². The zero-order valence-electron chi connectivity index (χ0n) is 13.7. The van der Waals surface area contributed by atoms with Crippen molar-refractivity contribution >= 4 is 15.4 Å². The van der Waals surface area contributed by atoms with Gasteiger partial charge in [0.15, 0.2) is 5.34 Å². The van der Waals surface area contributed by atoms with Crippen LogP contribution in [0.3, 0.4) is 0 Å². The maximum absolute atomic E-state index is 12.2. The van der Waals surface area contributed by atoms with Gasteiger partial charge in [0.2, 0.25) is 0 Å². The zero-order chi connectivity index (χ0) is 17.3. The number of rotatable bonds is 7. The van der Waals surface area contributed by atoms with Crippen molar-refractivity contribution in [3.63, 3.8) is 0 Å². The van der Waals surface area contributed by atoms with Gasteiger partial charge in [-0.2, -0.15) is 0 Å². The fourth-order valence-corrected chi connectivity index (χ4v) is 3.31. The van der Waals surface area contributed by atoms with Gasteiger partial charge in [0.1, 0.15) is 20.1 Å². The molecular weight excluding hydrogens is 310 g/mol. The molecule has 0 aromatic carbocycles. The van der Waals surface area contributed by atoms with Crippen molar-refractivity contribution < 1.29 is 33.7 Å². The molecule has 7 nitrogen and oxygen atoms in total. The molecule has 3 N–H and O–H groups in total. The van der Waals surface area contributed by atoms with E-state index in [2.05, 4.69) is 0 Å². The molecule has 22 heavy (non-hydrogen) atoms. The van der Waals surface area contributed by atoms with Gasteiger partial charge in [-0.3, -0.25) is 4.57 Å². The van der Waals surface area contributed by atoms with E-state index in [9.17, 15) is 19.7 Å². The molecule has 1 aliphatic rings. The Labute approximate surface area is 132 Å². The maximum Gasteiger partial charge on any atom is 0.359 e. The van der Waals surface area contributed by atoms with Gasteiger partial charge in [0, 0.05) is 19.5 Å². The van der Waals surface area contributed by atoms with Crippen molar-refractivity contribution in [2.24, 2.45) is 0 Å². The lowest BCUT2D eigenvalue weighted by Gasteiger charge is -2.36. The number of methoxy groups -OCH3 is 1. The van der Waals surface area contributed by atoms with Gasteiger partial charge >= 0.3 is 7.60 Å². The first-order valence-corrected chi connectivity index (χ1v) is 8.82. The summed E-state index contributed by atoms with van der Waals surface area (Å²) in [5, 5.41) is 18.1. The average molecular weight is 336 g/mol. The van der Waals surface area contributed by atoms with Crippen LogP contribution in [-0.4, -0.2) is 65.3 Å². The topological polar surface area (TPSA) is 105 Å². The van der Waals surface area contributed by atoms with Gasteiger partial charge in [-0.1, -0.05) is 6.92 Å². The first kappa shape index (κ1) is 20.1. The largest absolute Gasteiger partial charge is 0.388 e. The van der Waals surface area contributed by atoms with Gasteiger partial charge in [-0.05, 0) is 27.2 Å². The van der Waals surface area contributed by atoms with Crippen molar-refractivity contribution in [1.82, 2.24) is 0 Å². The minimum atomic E-state index is -4.27. The molecule has 0 aromatic rings. The Bertz CT molecular complexity index is 427. The second kappa shape index (κ2) is 6.89. The van der Waals surface area contributed by atoms with Gasteiger partial charge in [0.25, 0.3) is 0 Å². The predicted octanol–water partition coefficient (Wildman–Crippen LogP) is 0.745. The molecule has 1 heterocycles. The summed E-state index contributed by atoms with van der Waals surface area (Å²) in [4.78, 5) is 9.94. The SMILES string of the molecule is [B][C@@H]1O[C@H](CC(C)(CC)OP(=O)(O)C(C)(C)O)[C@@H](O)[C@H]1OC. The van der Waals surface area contributed by atoms with E-state index in [1.54, 1.807) is 13.8 Å². The van der Waals surface area contributed by atoms with Crippen molar-refractivity contribution in [2.75, 3.05) is 7.11 Å². The van der Waals surface area contributed by atoms with Crippen LogP contribution in [0.25, 0.3) is 0 Å². The summed E-state index contributed by atoms with van der Waals surface area (Å²) in [5.41, 5.74) is -1.07. The van der Waals surface area contributed by atoms with Crippen LogP contribution in [0, 0.1) is 0 Å². The fourth-order valence-electron chi connectivity index (χ4n) is 2.29. The van der Waals surface area contributed by atoms with Crippen molar-refractivity contribution in [2.45, 2.75) is 75.8 Å². The number of hydrogen-bond acceptors (Lipinski definition) is 6. The highest BCUT2D eigenvalue weighted by Crippen LogP contribution is 2.57. The molecule has 0 saturated carbocycles. The number of ether oxygens (including phenoxy) is 2. The molecule has 9 heteroatoms. The molecule has 0 amide bonds. The Balaban J connectivity index is 2.86. The van der Waals surface area contributed by atoms with Crippen LogP contribution >= 0.6 is 7.60 Å². The first-order valence-electron chi connectivity index (χ1n) is 7.25. The molecule has 2 radical (unpaired) electrons. The van der Waals surface area contributed by atoms with E-state index in [-0.39, 0.29) is 6.42 Å². The molecule has 1 fully saturated rings. The molecule has 2 unspecified atom stereocenters. The van der Waals surface area contributed by atoms with Crippen LogP contribution in [0.1, 0.15) is 40.5 Å². The monoisotopic (exact) mass is 336 g/mol. The minimum Gasteiger partial charge on any atom is -0.388 e. The van der Waals surface area contributed by atoms with Crippen LogP contribution < -0.4 is 0 Å². The zero-order valence-corrected chi connectivity index (χ0v) is 14.6. The highest BCUT2D eigenvalue weighted by atomic mass is 31.2. The number of aliphatic hydroxyl groups excluding tert-OH is 1. The van der Waals surface area contributed by atoms with E-state index in [1.165, 1.54) is 21.0 Å². The Kier molecular flexibility index (Phi) is 6.30. The fraction of sp³-hybridized carbons (Fsp3) is 1.00. The van der Waals surface area contributed by atoms with E-state index in [0.29, 0.717) is 6.42 Å². The van der Waals surface area contributed by atoms with Gasteiger partial charge in [-0.25, -0.2) is 0 Å². The summed E-state index contributed by atoms with van der Waals surface area (Å²) >= 11 is 0. The van der Waals surface area contributed by atoms with Crippen LogP contribution in [0.4, 0.5) is 0 Å². The normalized spacial score (nSPS) is 35.1. The van der Waals surface area contributed by atoms with E-state index in [0.717, 1.165) is 0 Å². The van der Waals surface area contributed by atoms with Gasteiger partial charge < -0.3 is 29.1 Å². The smallest absolute Gasteiger partial charge is 0.359 e. The summed E-state index contributed by atoms with van der Waals surface area (Å²) in [6.45, 7) is 5.83. The van der Waals surface area contributed by atoms with Crippen LogP contribution in [0.5, 0.6) is 0 Å². The predicted molar refractivity (Wildman–Crippen MR) is 81.7 cm³/mol. The lowest BCUT2D eigenvalue weighted by molar-refractivity contribution is -0.0447. The Morgan fingerprint density at radius 2 is 1.91 bits per heavy atom. The van der Waals surface area contributed by atoms with E-state index in [4.69, 9.17) is 21.8 Å².